The van der Waals surface area contributed by atoms with Crippen LogP contribution in [0.3, 0.4) is 0 Å². The zero-order valence-electron chi connectivity index (χ0n) is 18.4. The molecule has 1 aromatic rings. The molecule has 27 heavy (non-hydrogen) atoms. The van der Waals surface area contributed by atoms with Crippen LogP contribution in [-0.2, 0) is 6.42 Å². The van der Waals surface area contributed by atoms with E-state index >= 15 is 0 Å². The normalized spacial score (nSPS) is 14.6. The van der Waals surface area contributed by atoms with Crippen LogP contribution in [0.15, 0.2) is 40.5 Å². The fourth-order valence-electron chi connectivity index (χ4n) is 3.92. The number of unbranched alkanes of at least 4 members (excludes halogenated alkanes) is 3. The van der Waals surface area contributed by atoms with Gasteiger partial charge in [-0.3, -0.25) is 0 Å². The molecule has 0 aliphatic carbocycles. The predicted octanol–water partition coefficient (Wildman–Crippen LogP) is 7.56. The number of hydrogen-bond acceptors (Lipinski definition) is 1. The van der Waals surface area contributed by atoms with Crippen molar-refractivity contribution < 1.29 is 5.11 Å². The Kier molecular flexibility index (Phi) is 13.5. The Morgan fingerprint density at radius 3 is 1.89 bits per heavy atom. The van der Waals surface area contributed by atoms with Crippen molar-refractivity contribution in [3.8, 4) is 0 Å². The Labute approximate surface area is 173 Å². The van der Waals surface area contributed by atoms with E-state index in [2.05, 4.69) is 68.2 Å². The molecule has 0 aromatic heterocycles. The molecule has 1 rings (SSSR count). The van der Waals surface area contributed by atoms with Crippen molar-refractivity contribution in [2.75, 3.05) is 0 Å². The number of aliphatic hydroxyl groups excluding tert-OH is 1. The molecule has 0 spiro atoms. The number of aryl methyl sites for hydroxylation is 1. The Bertz CT molecular complexity index is 475. The second-order valence-corrected chi connectivity index (χ2v) is 21.5. The van der Waals surface area contributed by atoms with Crippen LogP contribution in [0, 0.1) is 5.92 Å². The predicted molar refractivity (Wildman–Crippen MR) is 124 cm³/mol. The minimum atomic E-state index is -2.21. The molecule has 1 aromatic carbocycles. The molecule has 0 heterocycles. The van der Waals surface area contributed by atoms with Crippen LogP contribution in [0.1, 0.15) is 78.2 Å². The van der Waals surface area contributed by atoms with Gasteiger partial charge < -0.3 is 0 Å². The average Bonchev–Trinajstić information content (AvgIpc) is 2.71. The summed E-state index contributed by atoms with van der Waals surface area (Å²) in [6, 6.07) is 10.6. The zero-order valence-corrected chi connectivity index (χ0v) is 21.3. The van der Waals surface area contributed by atoms with E-state index in [0.29, 0.717) is 0 Å². The van der Waals surface area contributed by atoms with Gasteiger partial charge in [0, 0.05) is 0 Å². The number of rotatable bonds is 15. The maximum absolute atomic E-state index is 10.7. The van der Waals surface area contributed by atoms with Crippen molar-refractivity contribution in [3.63, 3.8) is 0 Å². The fraction of sp³-hybridized carbons (Fsp3) is 0.680. The van der Waals surface area contributed by atoms with E-state index in [1.807, 2.05) is 0 Å². The average molecular weight is 479 g/mol. The summed E-state index contributed by atoms with van der Waals surface area (Å²) in [7, 11) is 0. The van der Waals surface area contributed by atoms with E-state index < -0.39 is 18.4 Å². The summed E-state index contributed by atoms with van der Waals surface area (Å²) < 4.78 is 7.24. The summed E-state index contributed by atoms with van der Waals surface area (Å²) in [5, 5.41) is 10.7. The molecular weight excluding hydrogens is 435 g/mol. The summed E-state index contributed by atoms with van der Waals surface area (Å²) in [6.07, 6.45) is 12.2. The minimum absolute atomic E-state index is 0.228. The number of benzene rings is 1. The second kappa shape index (κ2) is 14.7. The van der Waals surface area contributed by atoms with Crippen LogP contribution in [0.4, 0.5) is 0 Å². The van der Waals surface area contributed by atoms with Crippen molar-refractivity contribution in [1.29, 1.82) is 0 Å². The molecule has 0 unspecified atom stereocenters. The van der Waals surface area contributed by atoms with E-state index in [4.69, 9.17) is 0 Å². The van der Waals surface area contributed by atoms with E-state index in [0.717, 1.165) is 12.8 Å². The Balaban J connectivity index is 2.71. The summed E-state index contributed by atoms with van der Waals surface area (Å²) in [4.78, 5) is 0. The first kappa shape index (κ1) is 24.8. The third kappa shape index (κ3) is 10.2. The van der Waals surface area contributed by atoms with Crippen molar-refractivity contribution in [3.05, 3.63) is 46.1 Å². The van der Waals surface area contributed by atoms with Crippen molar-refractivity contribution in [2.24, 2.45) is 5.92 Å². The standard InChI is InChI=1S/C13H17O.3C4H9.Sn/c1-3-11(2)13(14)10-9-12-7-5-4-6-8-12;3*1-3-4-2;/h1,3-8,11,13-14H,9-10H2,2H3;3*1,3-4H2,2H3;/t11-,13-;;;;/m1..../s1. The molecule has 0 aliphatic heterocycles. The summed E-state index contributed by atoms with van der Waals surface area (Å²) >= 11 is -2.21. The first-order valence-corrected chi connectivity index (χ1v) is 19.2. The van der Waals surface area contributed by atoms with Crippen molar-refractivity contribution in [1.82, 2.24) is 0 Å². The van der Waals surface area contributed by atoms with Gasteiger partial charge in [-0.05, 0) is 0 Å². The van der Waals surface area contributed by atoms with Gasteiger partial charge in [0.05, 0.1) is 0 Å². The molecular formula is C25H44OSn. The Morgan fingerprint density at radius 1 is 0.889 bits per heavy atom. The summed E-state index contributed by atoms with van der Waals surface area (Å²) in [6.45, 7) is 9.20. The molecule has 0 aliphatic rings. The Morgan fingerprint density at radius 2 is 1.41 bits per heavy atom. The molecule has 2 atom stereocenters. The SMILES string of the molecule is CCC[CH2][Sn](/[CH]=C/[C@@H](C)[C@H](O)CCc1ccccc1)([CH2]CCC)[CH2]CCC. The molecule has 1 nitrogen and oxygen atoms in total. The van der Waals surface area contributed by atoms with Crippen LogP contribution < -0.4 is 0 Å². The van der Waals surface area contributed by atoms with Gasteiger partial charge in [0.15, 0.2) is 0 Å². The maximum atomic E-state index is 10.7. The Hall–Kier alpha value is -0.281. The van der Waals surface area contributed by atoms with Crippen molar-refractivity contribution in [2.45, 2.75) is 98.5 Å². The first-order valence-electron chi connectivity index (χ1n) is 11.5. The summed E-state index contributed by atoms with van der Waals surface area (Å²) in [5.74, 6) is 0.273. The van der Waals surface area contributed by atoms with Gasteiger partial charge in [0.25, 0.3) is 0 Å². The molecule has 154 valence electrons. The van der Waals surface area contributed by atoms with Crippen LogP contribution in [-0.4, -0.2) is 29.6 Å². The molecule has 0 saturated heterocycles. The zero-order chi connectivity index (χ0) is 20.0. The van der Waals surface area contributed by atoms with Crippen molar-refractivity contribution >= 4 is 18.4 Å². The molecule has 0 saturated carbocycles. The molecule has 0 bridgehead atoms. The van der Waals surface area contributed by atoms with Gasteiger partial charge in [-0.25, -0.2) is 0 Å². The molecule has 0 radical (unpaired) electrons. The van der Waals surface area contributed by atoms with Gasteiger partial charge in [-0.2, -0.15) is 0 Å². The topological polar surface area (TPSA) is 20.2 Å². The van der Waals surface area contributed by atoms with E-state index in [1.54, 1.807) is 0 Å². The van der Waals surface area contributed by atoms with Gasteiger partial charge in [-0.15, -0.1) is 0 Å². The summed E-state index contributed by atoms with van der Waals surface area (Å²) in [5.41, 5.74) is 1.33. The monoisotopic (exact) mass is 480 g/mol. The fourth-order valence-corrected chi connectivity index (χ4v) is 18.6. The van der Waals surface area contributed by atoms with E-state index in [9.17, 15) is 5.11 Å². The molecule has 0 fully saturated rings. The third-order valence-corrected chi connectivity index (χ3v) is 20.1. The first-order chi connectivity index (χ1) is 13.1. The van der Waals surface area contributed by atoms with Crippen LogP contribution in [0.25, 0.3) is 0 Å². The van der Waals surface area contributed by atoms with Gasteiger partial charge in [0.1, 0.15) is 0 Å². The van der Waals surface area contributed by atoms with Crippen LogP contribution in [0.5, 0.6) is 0 Å². The third-order valence-electron chi connectivity index (χ3n) is 6.02. The van der Waals surface area contributed by atoms with E-state index in [-0.39, 0.29) is 12.0 Å². The molecule has 0 amide bonds. The number of hydrogen-bond donors (Lipinski definition) is 1. The molecule has 2 heteroatoms. The van der Waals surface area contributed by atoms with Gasteiger partial charge in [0.2, 0.25) is 0 Å². The quantitative estimate of drug-likeness (QED) is 0.258. The van der Waals surface area contributed by atoms with Gasteiger partial charge >= 0.3 is 174 Å². The van der Waals surface area contributed by atoms with Crippen LogP contribution in [0.2, 0.25) is 13.3 Å². The van der Waals surface area contributed by atoms with E-state index in [1.165, 1.54) is 57.4 Å². The number of aliphatic hydroxyl groups is 1. The molecule has 1 N–H and O–H groups in total. The van der Waals surface area contributed by atoms with Gasteiger partial charge in [-0.1, -0.05) is 0 Å². The van der Waals surface area contributed by atoms with Crippen LogP contribution >= 0.6 is 0 Å². The second-order valence-electron chi connectivity index (χ2n) is 8.48.